The lowest BCUT2D eigenvalue weighted by molar-refractivity contribution is 0.272. The highest BCUT2D eigenvalue weighted by atomic mass is 79.9. The summed E-state index contributed by atoms with van der Waals surface area (Å²) in [6.45, 7) is -0.500. The molecule has 0 amide bonds. The number of ether oxygens (including phenoxy) is 1. The van der Waals surface area contributed by atoms with Gasteiger partial charge >= 0.3 is 0 Å². The van der Waals surface area contributed by atoms with Crippen LogP contribution in [0.4, 0.5) is 4.39 Å². The fraction of sp³-hybridized carbons (Fsp3) is 0.200. The molecule has 0 radical (unpaired) electrons. The van der Waals surface area contributed by atoms with Crippen LogP contribution >= 0.6 is 15.9 Å². The smallest absolute Gasteiger partial charge is 0.211 e. The van der Waals surface area contributed by atoms with Gasteiger partial charge in [-0.25, -0.2) is 4.39 Å². The predicted molar refractivity (Wildman–Crippen MR) is 69.0 cm³/mol. The highest BCUT2D eigenvalue weighted by molar-refractivity contribution is 9.10. The summed E-state index contributed by atoms with van der Waals surface area (Å²) in [7, 11) is 0. The first-order valence-electron chi connectivity index (χ1n) is 4.73. The van der Waals surface area contributed by atoms with E-state index in [0.29, 0.717) is 10.2 Å². The zero-order valence-electron chi connectivity index (χ0n) is 8.94. The van der Waals surface area contributed by atoms with E-state index in [9.17, 15) is 4.39 Å². The van der Waals surface area contributed by atoms with Crippen LogP contribution in [0.5, 0.6) is 5.75 Å². The summed E-state index contributed by atoms with van der Waals surface area (Å²) in [5, 5.41) is 7.13. The maximum absolute atomic E-state index is 11.9. The minimum absolute atomic E-state index is 0.0278. The molecule has 0 aromatic heterocycles. The molecule has 0 aliphatic rings. The summed E-state index contributed by atoms with van der Waals surface area (Å²) >= 11 is 3.30. The highest BCUT2D eigenvalue weighted by Crippen LogP contribution is 2.25. The summed E-state index contributed by atoms with van der Waals surface area (Å²) in [4.78, 5) is 0. The molecule has 5 nitrogen and oxygen atoms in total. The van der Waals surface area contributed by atoms with Crippen molar-refractivity contribution in [3.8, 4) is 5.75 Å². The second-order valence-electron chi connectivity index (χ2n) is 3.00. The van der Waals surface area contributed by atoms with Gasteiger partial charge in [0, 0.05) is 0 Å². The molecular formula is C10H12BrFN4O. The van der Waals surface area contributed by atoms with Crippen LogP contribution < -0.4 is 16.2 Å². The van der Waals surface area contributed by atoms with Crippen molar-refractivity contribution >= 4 is 28.1 Å². The van der Waals surface area contributed by atoms with E-state index < -0.39 is 6.67 Å². The van der Waals surface area contributed by atoms with Crippen molar-refractivity contribution in [1.29, 1.82) is 0 Å². The average molecular weight is 303 g/mol. The monoisotopic (exact) mass is 302 g/mol. The molecule has 0 aliphatic carbocycles. The molecule has 92 valence electrons. The van der Waals surface area contributed by atoms with Crippen LogP contribution in [0.15, 0.2) is 32.9 Å². The lowest BCUT2D eigenvalue weighted by Gasteiger charge is -2.06. The number of alkyl halides is 1. The first kappa shape index (κ1) is 13.4. The Kier molecular flexibility index (Phi) is 5.41. The van der Waals surface area contributed by atoms with Crippen LogP contribution in [0.25, 0.3) is 0 Å². The number of nitrogens with zero attached hydrogens (tertiary/aromatic N) is 2. The maximum Gasteiger partial charge on any atom is 0.211 e. The Morgan fingerprint density at radius 1 is 1.47 bits per heavy atom. The molecule has 0 spiro atoms. The van der Waals surface area contributed by atoms with Gasteiger partial charge in [-0.1, -0.05) is 0 Å². The molecule has 1 aromatic carbocycles. The van der Waals surface area contributed by atoms with Crippen LogP contribution in [0, 0.1) is 0 Å². The van der Waals surface area contributed by atoms with Crippen molar-refractivity contribution < 1.29 is 9.13 Å². The molecule has 0 saturated heterocycles. The van der Waals surface area contributed by atoms with E-state index in [2.05, 4.69) is 26.1 Å². The molecule has 0 fully saturated rings. The van der Waals surface area contributed by atoms with Gasteiger partial charge in [0.15, 0.2) is 0 Å². The van der Waals surface area contributed by atoms with Crippen LogP contribution in [-0.4, -0.2) is 25.5 Å². The fourth-order valence-corrected chi connectivity index (χ4v) is 1.54. The molecule has 0 saturated carbocycles. The lowest BCUT2D eigenvalue weighted by atomic mass is 10.2. The predicted octanol–water partition coefficient (Wildman–Crippen LogP) is 1.40. The van der Waals surface area contributed by atoms with Crippen LogP contribution in [0.1, 0.15) is 5.56 Å². The quantitative estimate of drug-likeness (QED) is 0.490. The number of guanidine groups is 1. The normalized spacial score (nSPS) is 10.5. The van der Waals surface area contributed by atoms with Gasteiger partial charge in [0.2, 0.25) is 5.96 Å². The standard InChI is InChI=1S/C10H12BrFN4O/c11-8-5-7(6-15-16-10(13)14)1-2-9(8)17-4-3-12/h1-2,5-6H,3-4H2,(H4,13,14,16)/b15-6+. The molecular weight excluding hydrogens is 291 g/mol. The van der Waals surface area contributed by atoms with Gasteiger partial charge in [0.25, 0.3) is 0 Å². The Labute approximate surface area is 106 Å². The Bertz CT molecular complexity index is 432. The van der Waals surface area contributed by atoms with Gasteiger partial charge in [0.05, 0.1) is 10.7 Å². The number of halogens is 2. The highest BCUT2D eigenvalue weighted by Gasteiger charge is 2.01. The lowest BCUT2D eigenvalue weighted by Crippen LogP contribution is -2.21. The second-order valence-corrected chi connectivity index (χ2v) is 3.85. The zero-order valence-corrected chi connectivity index (χ0v) is 10.5. The molecule has 0 bridgehead atoms. The zero-order chi connectivity index (χ0) is 12.7. The third kappa shape index (κ3) is 4.81. The van der Waals surface area contributed by atoms with E-state index in [0.717, 1.165) is 5.56 Å². The summed E-state index contributed by atoms with van der Waals surface area (Å²) in [6.07, 6.45) is 1.49. The van der Waals surface area contributed by atoms with E-state index in [-0.39, 0.29) is 12.6 Å². The third-order valence-corrected chi connectivity index (χ3v) is 2.29. The maximum atomic E-state index is 11.9. The van der Waals surface area contributed by atoms with Crippen LogP contribution in [-0.2, 0) is 0 Å². The van der Waals surface area contributed by atoms with Gasteiger partial charge in [-0.2, -0.15) is 5.10 Å². The van der Waals surface area contributed by atoms with Crippen LogP contribution in [0.3, 0.4) is 0 Å². The summed E-state index contributed by atoms with van der Waals surface area (Å²) in [5.74, 6) is 0.463. The summed E-state index contributed by atoms with van der Waals surface area (Å²) in [6, 6.07) is 5.22. The van der Waals surface area contributed by atoms with Crippen molar-refractivity contribution in [2.45, 2.75) is 0 Å². The molecule has 4 N–H and O–H groups in total. The number of hydrogen-bond donors (Lipinski definition) is 2. The van der Waals surface area contributed by atoms with E-state index in [1.54, 1.807) is 18.2 Å². The van der Waals surface area contributed by atoms with Crippen molar-refractivity contribution in [3.05, 3.63) is 28.2 Å². The number of nitrogens with two attached hydrogens (primary N) is 2. The second kappa shape index (κ2) is 6.85. The molecule has 1 aromatic rings. The van der Waals surface area contributed by atoms with E-state index >= 15 is 0 Å². The molecule has 17 heavy (non-hydrogen) atoms. The van der Waals surface area contributed by atoms with Crippen molar-refractivity contribution in [3.63, 3.8) is 0 Å². The molecule has 1 rings (SSSR count). The fourth-order valence-electron chi connectivity index (χ4n) is 1.03. The number of rotatable bonds is 5. The Balaban J connectivity index is 2.74. The van der Waals surface area contributed by atoms with E-state index in [1.165, 1.54) is 6.21 Å². The Morgan fingerprint density at radius 2 is 2.24 bits per heavy atom. The first-order valence-corrected chi connectivity index (χ1v) is 5.53. The van der Waals surface area contributed by atoms with Gasteiger partial charge in [0.1, 0.15) is 19.0 Å². The largest absolute Gasteiger partial charge is 0.490 e. The molecule has 0 unspecified atom stereocenters. The molecule has 0 aliphatic heterocycles. The number of benzene rings is 1. The van der Waals surface area contributed by atoms with Crippen molar-refractivity contribution in [2.24, 2.45) is 21.7 Å². The molecule has 0 atom stereocenters. The van der Waals surface area contributed by atoms with Crippen molar-refractivity contribution in [2.75, 3.05) is 13.3 Å². The topological polar surface area (TPSA) is 86.0 Å². The van der Waals surface area contributed by atoms with E-state index in [1.807, 2.05) is 0 Å². The average Bonchev–Trinajstić information content (AvgIpc) is 2.27. The van der Waals surface area contributed by atoms with Gasteiger partial charge in [-0.15, -0.1) is 5.10 Å². The summed E-state index contributed by atoms with van der Waals surface area (Å²) in [5.41, 5.74) is 11.0. The molecule has 7 heteroatoms. The van der Waals surface area contributed by atoms with Gasteiger partial charge in [-0.05, 0) is 39.7 Å². The SMILES string of the molecule is NC(N)=N/N=C/c1ccc(OCCF)c(Br)c1. The van der Waals surface area contributed by atoms with E-state index in [4.69, 9.17) is 16.2 Å². The Morgan fingerprint density at radius 3 is 2.82 bits per heavy atom. The van der Waals surface area contributed by atoms with Gasteiger partial charge < -0.3 is 16.2 Å². The first-order chi connectivity index (χ1) is 8.13. The molecule has 0 heterocycles. The number of hydrogen-bond acceptors (Lipinski definition) is 3. The summed E-state index contributed by atoms with van der Waals surface area (Å²) < 4.78 is 17.8. The van der Waals surface area contributed by atoms with Crippen LogP contribution in [0.2, 0.25) is 0 Å². The van der Waals surface area contributed by atoms with Gasteiger partial charge in [-0.3, -0.25) is 0 Å². The third-order valence-electron chi connectivity index (χ3n) is 1.67. The minimum atomic E-state index is -0.528. The Hall–Kier alpha value is -1.63. The minimum Gasteiger partial charge on any atom is -0.490 e. The van der Waals surface area contributed by atoms with Crippen molar-refractivity contribution in [1.82, 2.24) is 0 Å².